The zero-order valence-electron chi connectivity index (χ0n) is 14.1. The van der Waals surface area contributed by atoms with Gasteiger partial charge in [0.05, 0.1) is 41.4 Å². The normalized spacial score (nSPS) is 10.1. The van der Waals surface area contributed by atoms with Gasteiger partial charge in [-0.25, -0.2) is 0 Å². The SMILES string of the molecule is COc1cc(C(=O)Nc2cccc([N+](=O)[O-])c2C)c([N+](=O)[O-])cc1OC. The Morgan fingerprint density at radius 3 is 2.12 bits per heavy atom. The lowest BCUT2D eigenvalue weighted by atomic mass is 10.1. The van der Waals surface area contributed by atoms with Crippen molar-refractivity contribution in [2.75, 3.05) is 19.5 Å². The number of nitrogens with zero attached hydrogens (tertiary/aromatic N) is 2. The van der Waals surface area contributed by atoms with Crippen LogP contribution in [0.15, 0.2) is 30.3 Å². The molecule has 0 saturated heterocycles. The highest BCUT2D eigenvalue weighted by Gasteiger charge is 2.25. The van der Waals surface area contributed by atoms with E-state index in [1.54, 1.807) is 0 Å². The maximum atomic E-state index is 12.6. The number of amides is 1. The van der Waals surface area contributed by atoms with Crippen molar-refractivity contribution in [2.45, 2.75) is 6.92 Å². The van der Waals surface area contributed by atoms with Crippen molar-refractivity contribution in [3.63, 3.8) is 0 Å². The minimum Gasteiger partial charge on any atom is -0.493 e. The van der Waals surface area contributed by atoms with E-state index in [2.05, 4.69) is 5.32 Å². The van der Waals surface area contributed by atoms with Gasteiger partial charge in [0.15, 0.2) is 11.5 Å². The molecule has 0 bridgehead atoms. The molecule has 0 unspecified atom stereocenters. The second kappa shape index (κ2) is 7.47. The Labute approximate surface area is 147 Å². The molecule has 2 aromatic carbocycles. The Morgan fingerprint density at radius 1 is 1.00 bits per heavy atom. The van der Waals surface area contributed by atoms with Crippen molar-refractivity contribution in [3.8, 4) is 11.5 Å². The minimum atomic E-state index is -0.804. The highest BCUT2D eigenvalue weighted by Crippen LogP contribution is 2.35. The summed E-state index contributed by atoms with van der Waals surface area (Å²) in [5.41, 5.74) is -0.520. The standard InChI is InChI=1S/C16H15N3O7/c1-9-11(5-4-6-12(9)18(21)22)17-16(20)10-7-14(25-2)15(26-3)8-13(10)19(23)24/h4-8H,1-3H3,(H,17,20). The van der Waals surface area contributed by atoms with Crippen LogP contribution in [-0.2, 0) is 0 Å². The molecule has 0 aliphatic carbocycles. The van der Waals surface area contributed by atoms with Gasteiger partial charge >= 0.3 is 0 Å². The molecule has 0 radical (unpaired) electrons. The first kappa shape index (κ1) is 18.6. The molecule has 0 aliphatic heterocycles. The quantitative estimate of drug-likeness (QED) is 0.617. The smallest absolute Gasteiger partial charge is 0.286 e. The molecule has 136 valence electrons. The number of nitro benzene ring substituents is 2. The third kappa shape index (κ3) is 3.53. The fourth-order valence-electron chi connectivity index (χ4n) is 2.35. The number of nitrogens with one attached hydrogen (secondary N) is 1. The van der Waals surface area contributed by atoms with Gasteiger partial charge in [-0.1, -0.05) is 6.07 Å². The number of hydrogen-bond donors (Lipinski definition) is 1. The molecule has 0 atom stereocenters. The summed E-state index contributed by atoms with van der Waals surface area (Å²) in [5.74, 6) is -0.567. The summed E-state index contributed by atoms with van der Waals surface area (Å²) < 4.78 is 10.1. The Balaban J connectivity index is 2.49. The number of nitro groups is 2. The first-order valence-electron chi connectivity index (χ1n) is 7.26. The van der Waals surface area contributed by atoms with Crippen LogP contribution in [0, 0.1) is 27.2 Å². The van der Waals surface area contributed by atoms with Gasteiger partial charge in [-0.3, -0.25) is 25.0 Å². The lowest BCUT2D eigenvalue weighted by Gasteiger charge is -2.12. The molecule has 1 N–H and O–H groups in total. The number of carbonyl (C=O) groups is 1. The summed E-state index contributed by atoms with van der Waals surface area (Å²) in [5, 5.41) is 24.8. The molecule has 1 amide bonds. The number of rotatable bonds is 6. The van der Waals surface area contributed by atoms with Crippen molar-refractivity contribution in [1.82, 2.24) is 0 Å². The summed E-state index contributed by atoms with van der Waals surface area (Å²) in [6.07, 6.45) is 0. The fourth-order valence-corrected chi connectivity index (χ4v) is 2.35. The third-order valence-electron chi connectivity index (χ3n) is 3.69. The zero-order valence-corrected chi connectivity index (χ0v) is 14.1. The molecule has 0 aliphatic rings. The van der Waals surface area contributed by atoms with E-state index in [-0.39, 0.29) is 34.0 Å². The second-order valence-electron chi connectivity index (χ2n) is 5.14. The van der Waals surface area contributed by atoms with Crippen LogP contribution in [-0.4, -0.2) is 30.0 Å². The van der Waals surface area contributed by atoms with Crippen LogP contribution < -0.4 is 14.8 Å². The molecule has 10 nitrogen and oxygen atoms in total. The van der Waals surface area contributed by atoms with E-state index in [0.29, 0.717) is 0 Å². The van der Waals surface area contributed by atoms with E-state index < -0.39 is 21.4 Å². The van der Waals surface area contributed by atoms with Crippen LogP contribution >= 0.6 is 0 Å². The van der Waals surface area contributed by atoms with Gasteiger partial charge in [0.2, 0.25) is 0 Å². The lowest BCUT2D eigenvalue weighted by molar-refractivity contribution is -0.385. The molecule has 0 spiro atoms. The second-order valence-corrected chi connectivity index (χ2v) is 5.14. The van der Waals surface area contributed by atoms with E-state index >= 15 is 0 Å². The summed E-state index contributed by atoms with van der Waals surface area (Å²) >= 11 is 0. The van der Waals surface area contributed by atoms with E-state index in [1.807, 2.05) is 0 Å². The van der Waals surface area contributed by atoms with Crippen LogP contribution in [0.4, 0.5) is 17.1 Å². The number of anilines is 1. The summed E-state index contributed by atoms with van der Waals surface area (Å²) in [6, 6.07) is 6.42. The van der Waals surface area contributed by atoms with Crippen LogP contribution in [0.2, 0.25) is 0 Å². The summed E-state index contributed by atoms with van der Waals surface area (Å²) in [6.45, 7) is 1.47. The average molecular weight is 361 g/mol. The lowest BCUT2D eigenvalue weighted by Crippen LogP contribution is -2.15. The maximum Gasteiger partial charge on any atom is 0.286 e. The highest BCUT2D eigenvalue weighted by atomic mass is 16.6. The van der Waals surface area contributed by atoms with Crippen molar-refractivity contribution >= 4 is 23.0 Å². The Bertz CT molecular complexity index is 896. The van der Waals surface area contributed by atoms with Crippen LogP contribution in [0.5, 0.6) is 11.5 Å². The van der Waals surface area contributed by atoms with Gasteiger partial charge in [-0.2, -0.15) is 0 Å². The average Bonchev–Trinajstić information content (AvgIpc) is 2.61. The van der Waals surface area contributed by atoms with Crippen molar-refractivity contribution in [3.05, 3.63) is 61.7 Å². The van der Waals surface area contributed by atoms with Gasteiger partial charge in [0.1, 0.15) is 5.56 Å². The van der Waals surface area contributed by atoms with Gasteiger partial charge in [-0.05, 0) is 13.0 Å². The van der Waals surface area contributed by atoms with Crippen molar-refractivity contribution in [1.29, 1.82) is 0 Å². The molecular weight excluding hydrogens is 346 g/mol. The number of methoxy groups -OCH3 is 2. The Hall–Kier alpha value is -3.69. The number of ether oxygens (including phenoxy) is 2. The highest BCUT2D eigenvalue weighted by molar-refractivity contribution is 6.08. The molecule has 26 heavy (non-hydrogen) atoms. The fraction of sp³-hybridized carbons (Fsp3) is 0.188. The van der Waals surface area contributed by atoms with Crippen molar-refractivity contribution < 1.29 is 24.1 Å². The zero-order chi connectivity index (χ0) is 19.4. The number of carbonyl (C=O) groups excluding carboxylic acids is 1. The molecule has 0 saturated carbocycles. The van der Waals surface area contributed by atoms with Gasteiger partial charge < -0.3 is 14.8 Å². The summed E-state index contributed by atoms with van der Waals surface area (Å²) in [4.78, 5) is 33.6. The first-order valence-corrected chi connectivity index (χ1v) is 7.26. The summed E-state index contributed by atoms with van der Waals surface area (Å²) in [7, 11) is 2.64. The van der Waals surface area contributed by atoms with Gasteiger partial charge in [0, 0.05) is 12.1 Å². The van der Waals surface area contributed by atoms with E-state index in [9.17, 15) is 25.0 Å². The molecule has 0 aromatic heterocycles. The largest absolute Gasteiger partial charge is 0.493 e. The van der Waals surface area contributed by atoms with Gasteiger partial charge in [0.25, 0.3) is 17.3 Å². The third-order valence-corrected chi connectivity index (χ3v) is 3.69. The number of hydrogen-bond acceptors (Lipinski definition) is 7. The van der Waals surface area contributed by atoms with Crippen LogP contribution in [0.25, 0.3) is 0 Å². The molecular formula is C16H15N3O7. The first-order chi connectivity index (χ1) is 12.3. The predicted molar refractivity (Wildman–Crippen MR) is 92.0 cm³/mol. The van der Waals surface area contributed by atoms with E-state index in [0.717, 1.165) is 6.07 Å². The molecule has 0 fully saturated rings. The topological polar surface area (TPSA) is 134 Å². The van der Waals surface area contributed by atoms with Crippen LogP contribution in [0.1, 0.15) is 15.9 Å². The predicted octanol–water partition coefficient (Wildman–Crippen LogP) is 3.08. The molecule has 10 heteroatoms. The van der Waals surface area contributed by atoms with E-state index in [4.69, 9.17) is 9.47 Å². The molecule has 0 heterocycles. The minimum absolute atomic E-state index is 0.0993. The Morgan fingerprint density at radius 2 is 1.58 bits per heavy atom. The van der Waals surface area contributed by atoms with Gasteiger partial charge in [-0.15, -0.1) is 0 Å². The molecule has 2 rings (SSSR count). The Kier molecular flexibility index (Phi) is 5.36. The maximum absolute atomic E-state index is 12.6. The number of benzene rings is 2. The monoisotopic (exact) mass is 361 g/mol. The molecule has 2 aromatic rings. The van der Waals surface area contributed by atoms with Crippen LogP contribution in [0.3, 0.4) is 0 Å². The van der Waals surface area contributed by atoms with E-state index in [1.165, 1.54) is 45.4 Å². The van der Waals surface area contributed by atoms with Crippen molar-refractivity contribution in [2.24, 2.45) is 0 Å².